The first-order chi connectivity index (χ1) is 23.4. The van der Waals surface area contributed by atoms with Gasteiger partial charge in [0.05, 0.1) is 44.5 Å². The van der Waals surface area contributed by atoms with Gasteiger partial charge in [-0.05, 0) is 61.3 Å². The zero-order valence-electron chi connectivity index (χ0n) is 27.9. The number of rotatable bonds is 23. The van der Waals surface area contributed by atoms with Crippen LogP contribution in [0.25, 0.3) is 0 Å². The SMILES string of the molecule is CCOCCCC(=O)[C@@H](O)[C@H](O)C(=O)NCCOCCOCCOCCNS(=O)(=O)c1cccc([C@@H]2CN(C)Cc3c(Cl)cc(Cl)cc32)c1. The Balaban J connectivity index is 1.26. The summed E-state index contributed by atoms with van der Waals surface area (Å²) >= 11 is 12.8. The third-order valence-corrected chi connectivity index (χ3v) is 9.72. The number of Topliss-reactive ketones (excluding diaryl/α,β-unsaturated/α-hetero) is 1. The van der Waals surface area contributed by atoms with Crippen LogP contribution < -0.4 is 10.0 Å². The van der Waals surface area contributed by atoms with E-state index in [1.807, 2.05) is 26.1 Å². The van der Waals surface area contributed by atoms with E-state index in [0.717, 1.165) is 16.7 Å². The van der Waals surface area contributed by atoms with Crippen molar-refractivity contribution in [3.63, 3.8) is 0 Å². The van der Waals surface area contributed by atoms with Crippen LogP contribution in [0.3, 0.4) is 0 Å². The highest BCUT2D eigenvalue weighted by atomic mass is 35.5. The van der Waals surface area contributed by atoms with Gasteiger partial charge in [-0.25, -0.2) is 13.1 Å². The number of hydrogen-bond donors (Lipinski definition) is 4. The summed E-state index contributed by atoms with van der Waals surface area (Å²) in [4.78, 5) is 26.2. The van der Waals surface area contributed by atoms with E-state index in [1.165, 1.54) is 0 Å². The molecule has 0 fully saturated rings. The maximum Gasteiger partial charge on any atom is 0.252 e. The second kappa shape index (κ2) is 21.2. The van der Waals surface area contributed by atoms with Crippen LogP contribution in [0.1, 0.15) is 42.4 Å². The van der Waals surface area contributed by atoms with Gasteiger partial charge in [0.15, 0.2) is 11.9 Å². The quantitative estimate of drug-likeness (QED) is 0.123. The van der Waals surface area contributed by atoms with Crippen molar-refractivity contribution in [2.75, 3.05) is 79.5 Å². The fraction of sp³-hybridized carbons (Fsp3) is 0.576. The molecule has 1 amide bonds. The number of aliphatic hydroxyl groups excluding tert-OH is 2. The molecule has 0 bridgehead atoms. The Hall–Kier alpha value is -2.21. The van der Waals surface area contributed by atoms with Gasteiger partial charge in [0.1, 0.15) is 6.10 Å². The predicted octanol–water partition coefficient (Wildman–Crippen LogP) is 2.12. The molecule has 0 aliphatic carbocycles. The Morgan fingerprint density at radius 3 is 2.31 bits per heavy atom. The molecule has 3 atom stereocenters. The summed E-state index contributed by atoms with van der Waals surface area (Å²) < 4.78 is 50.0. The molecule has 1 aliphatic rings. The van der Waals surface area contributed by atoms with E-state index in [1.54, 1.807) is 24.3 Å². The lowest BCUT2D eigenvalue weighted by molar-refractivity contribution is -0.145. The van der Waals surface area contributed by atoms with Crippen molar-refractivity contribution in [1.29, 1.82) is 0 Å². The summed E-state index contributed by atoms with van der Waals surface area (Å²) in [6.07, 6.45) is -3.28. The van der Waals surface area contributed by atoms with Crippen molar-refractivity contribution >= 4 is 44.9 Å². The van der Waals surface area contributed by atoms with E-state index in [4.69, 9.17) is 42.1 Å². The van der Waals surface area contributed by atoms with Gasteiger partial charge in [-0.3, -0.25) is 9.59 Å². The molecule has 16 heteroatoms. The molecule has 2 aromatic rings. The average molecular weight is 749 g/mol. The van der Waals surface area contributed by atoms with Crippen LogP contribution in [0.4, 0.5) is 0 Å². The van der Waals surface area contributed by atoms with E-state index in [2.05, 4.69) is 14.9 Å². The van der Waals surface area contributed by atoms with Crippen molar-refractivity contribution in [3.8, 4) is 0 Å². The van der Waals surface area contributed by atoms with Gasteiger partial charge in [0.25, 0.3) is 5.91 Å². The highest BCUT2D eigenvalue weighted by Gasteiger charge is 2.30. The molecule has 3 rings (SSSR count). The van der Waals surface area contributed by atoms with E-state index in [9.17, 15) is 28.2 Å². The van der Waals surface area contributed by atoms with Crippen LogP contribution in [-0.4, -0.2) is 127 Å². The number of sulfonamides is 1. The van der Waals surface area contributed by atoms with Crippen molar-refractivity contribution < 1.29 is 47.2 Å². The van der Waals surface area contributed by atoms with E-state index >= 15 is 0 Å². The Bertz CT molecular complexity index is 1470. The highest BCUT2D eigenvalue weighted by Crippen LogP contribution is 2.38. The van der Waals surface area contributed by atoms with Gasteiger partial charge < -0.3 is 39.4 Å². The molecule has 0 aromatic heterocycles. The normalized spacial score (nSPS) is 16.2. The number of carbonyl (C=O) groups excluding carboxylic acids is 2. The summed E-state index contributed by atoms with van der Waals surface area (Å²) in [7, 11) is -1.79. The highest BCUT2D eigenvalue weighted by molar-refractivity contribution is 7.89. The maximum atomic E-state index is 13.0. The fourth-order valence-electron chi connectivity index (χ4n) is 5.21. The number of likely N-dealkylation sites (N-methyl/N-ethyl adjacent to an activating group) is 1. The molecule has 0 radical (unpaired) electrons. The number of nitrogens with one attached hydrogen (secondary N) is 2. The smallest absolute Gasteiger partial charge is 0.252 e. The number of aliphatic hydroxyl groups is 2. The lowest BCUT2D eigenvalue weighted by Gasteiger charge is -2.33. The lowest BCUT2D eigenvalue weighted by Crippen LogP contribution is -2.46. The van der Waals surface area contributed by atoms with Gasteiger partial charge in [0.2, 0.25) is 10.0 Å². The zero-order chi connectivity index (χ0) is 35.8. The molecular formula is C33H47Cl2N3O10S. The number of benzene rings is 2. The van der Waals surface area contributed by atoms with Crippen LogP contribution in [0, 0.1) is 0 Å². The average Bonchev–Trinajstić information content (AvgIpc) is 3.08. The zero-order valence-corrected chi connectivity index (χ0v) is 30.2. The number of ketones is 1. The van der Waals surface area contributed by atoms with Crippen molar-refractivity contribution in [2.24, 2.45) is 0 Å². The molecule has 1 aliphatic heterocycles. The first kappa shape index (κ1) is 41.2. The lowest BCUT2D eigenvalue weighted by atomic mass is 9.85. The van der Waals surface area contributed by atoms with Gasteiger partial charge in [-0.1, -0.05) is 35.3 Å². The number of nitrogens with zero attached hydrogens (tertiary/aromatic N) is 1. The standard InChI is InChI=1S/C33H47Cl2N3O10S/c1-3-45-11-5-8-30(39)31(40)32(41)33(42)36-9-12-46-14-16-48-17-15-47-13-10-37-49(43,44)25-7-4-6-23(18-25)27-21-38(2)22-28-26(27)19-24(34)20-29(28)35/h4,6-7,18-20,27,31-32,37,40-41H,3,5,8-17,21-22H2,1-2H3,(H,36,42)/t27-,31+,32-/m0/s1. The van der Waals surface area contributed by atoms with Crippen molar-refractivity contribution in [1.82, 2.24) is 14.9 Å². The van der Waals surface area contributed by atoms with Gasteiger partial charge >= 0.3 is 0 Å². The Labute approximate surface area is 298 Å². The third-order valence-electron chi connectivity index (χ3n) is 7.70. The molecular weight excluding hydrogens is 701 g/mol. The van der Waals surface area contributed by atoms with Crippen LogP contribution in [-0.2, 0) is 45.1 Å². The van der Waals surface area contributed by atoms with E-state index in [-0.39, 0.29) is 70.0 Å². The largest absolute Gasteiger partial charge is 0.382 e. The number of carbonyl (C=O) groups is 2. The number of hydrogen-bond acceptors (Lipinski definition) is 11. The van der Waals surface area contributed by atoms with Gasteiger partial charge in [-0.2, -0.15) is 0 Å². The minimum absolute atomic E-state index is 0.00357. The molecule has 1 heterocycles. The minimum atomic E-state index is -3.78. The van der Waals surface area contributed by atoms with Gasteiger partial charge in [0, 0.05) is 61.8 Å². The third kappa shape index (κ3) is 13.5. The van der Waals surface area contributed by atoms with E-state index in [0.29, 0.717) is 42.8 Å². The number of halogens is 2. The molecule has 0 saturated heterocycles. The molecule has 0 saturated carbocycles. The predicted molar refractivity (Wildman–Crippen MR) is 184 cm³/mol. The molecule has 2 aromatic carbocycles. The number of ether oxygens (including phenoxy) is 4. The fourth-order valence-corrected chi connectivity index (χ4v) is 6.85. The van der Waals surface area contributed by atoms with Gasteiger partial charge in [-0.15, -0.1) is 0 Å². The summed E-state index contributed by atoms with van der Waals surface area (Å²) in [5.41, 5.74) is 2.83. The maximum absolute atomic E-state index is 13.0. The van der Waals surface area contributed by atoms with Crippen LogP contribution in [0.2, 0.25) is 10.0 Å². The van der Waals surface area contributed by atoms with Crippen LogP contribution in [0.5, 0.6) is 0 Å². The Kier molecular flexibility index (Phi) is 17.9. The summed E-state index contributed by atoms with van der Waals surface area (Å²) in [6.45, 7) is 5.51. The molecule has 274 valence electrons. The molecule has 49 heavy (non-hydrogen) atoms. The molecule has 0 spiro atoms. The first-order valence-electron chi connectivity index (χ1n) is 16.2. The van der Waals surface area contributed by atoms with Crippen molar-refractivity contribution in [3.05, 3.63) is 63.1 Å². The first-order valence-corrected chi connectivity index (χ1v) is 18.4. The number of amides is 1. The molecule has 0 unspecified atom stereocenters. The van der Waals surface area contributed by atoms with E-state index < -0.39 is 33.9 Å². The Morgan fingerprint density at radius 1 is 0.939 bits per heavy atom. The summed E-state index contributed by atoms with van der Waals surface area (Å²) in [6, 6.07) is 10.5. The molecule has 4 N–H and O–H groups in total. The molecule has 13 nitrogen and oxygen atoms in total. The van der Waals surface area contributed by atoms with Crippen molar-refractivity contribution in [2.45, 2.75) is 49.3 Å². The second-order valence-electron chi connectivity index (χ2n) is 11.5. The number of fused-ring (bicyclic) bond motifs is 1. The summed E-state index contributed by atoms with van der Waals surface area (Å²) in [5, 5.41) is 23.3. The topological polar surface area (TPSA) is 173 Å². The van der Waals surface area contributed by atoms with Crippen LogP contribution >= 0.6 is 23.2 Å². The monoisotopic (exact) mass is 747 g/mol. The second-order valence-corrected chi connectivity index (χ2v) is 14.1. The van der Waals surface area contributed by atoms with Crippen LogP contribution in [0.15, 0.2) is 41.3 Å². The minimum Gasteiger partial charge on any atom is -0.382 e. The Morgan fingerprint density at radius 2 is 1.61 bits per heavy atom. The summed E-state index contributed by atoms with van der Waals surface area (Å²) in [5.74, 6) is -1.59.